The summed E-state index contributed by atoms with van der Waals surface area (Å²) in [5.41, 5.74) is 0. The van der Waals surface area contributed by atoms with E-state index in [-0.39, 0.29) is 19.3 Å². The third kappa shape index (κ3) is 14.2. The molecule has 5 heteroatoms. The van der Waals surface area contributed by atoms with Gasteiger partial charge in [0.15, 0.2) is 0 Å². The molecule has 0 aliphatic carbocycles. The van der Waals surface area contributed by atoms with Gasteiger partial charge in [0.1, 0.15) is 0 Å². The van der Waals surface area contributed by atoms with Gasteiger partial charge in [0.2, 0.25) is 0 Å². The Morgan fingerprint density at radius 2 is 1.65 bits per heavy atom. The van der Waals surface area contributed by atoms with Crippen LogP contribution in [0, 0.1) is 5.92 Å². The summed E-state index contributed by atoms with van der Waals surface area (Å²) >= 11 is 0. The van der Waals surface area contributed by atoms with E-state index in [1.807, 2.05) is 18.2 Å². The lowest BCUT2D eigenvalue weighted by Crippen LogP contribution is -2.26. The number of carboxylic acids is 2. The summed E-state index contributed by atoms with van der Waals surface area (Å²) in [5.74, 6) is -3.08. The van der Waals surface area contributed by atoms with E-state index in [0.717, 1.165) is 12.8 Å². The number of aliphatic hydroxyl groups excluding tert-OH is 1. The van der Waals surface area contributed by atoms with E-state index in [0.29, 0.717) is 0 Å². The highest BCUT2D eigenvalue weighted by atomic mass is 16.4. The molecule has 0 bridgehead atoms. The molecule has 0 fully saturated rings. The van der Waals surface area contributed by atoms with Gasteiger partial charge in [-0.05, 0) is 32.1 Å². The lowest BCUT2D eigenvalue weighted by Gasteiger charge is -2.15. The number of hydrogen-bond acceptors (Lipinski definition) is 3. The van der Waals surface area contributed by atoms with Crippen LogP contribution in [0.25, 0.3) is 0 Å². The van der Waals surface area contributed by atoms with E-state index in [2.05, 4.69) is 19.1 Å². The number of aliphatic carboxylic acids is 2. The van der Waals surface area contributed by atoms with Crippen LogP contribution in [0.15, 0.2) is 48.6 Å². The van der Waals surface area contributed by atoms with E-state index >= 15 is 0 Å². The molecule has 0 aliphatic heterocycles. The molecular formula is C21H32O5. The first-order chi connectivity index (χ1) is 12.5. The van der Waals surface area contributed by atoms with E-state index in [1.54, 1.807) is 12.2 Å². The molecule has 0 saturated carbocycles. The predicted octanol–water partition coefficient (Wildman–Crippen LogP) is 4.50. The third-order valence-electron chi connectivity index (χ3n) is 3.83. The van der Waals surface area contributed by atoms with Gasteiger partial charge in [0, 0.05) is 6.42 Å². The highest BCUT2D eigenvalue weighted by molar-refractivity contribution is 5.71. The molecule has 0 unspecified atom stereocenters. The quantitative estimate of drug-likeness (QED) is 0.226. The Bertz CT molecular complexity index is 503. The minimum absolute atomic E-state index is 0.0992. The molecule has 26 heavy (non-hydrogen) atoms. The topological polar surface area (TPSA) is 94.8 Å². The van der Waals surface area contributed by atoms with Gasteiger partial charge in [0.05, 0.1) is 12.0 Å². The summed E-state index contributed by atoms with van der Waals surface area (Å²) in [4.78, 5) is 21.6. The summed E-state index contributed by atoms with van der Waals surface area (Å²) in [6.45, 7) is 2.19. The van der Waals surface area contributed by atoms with Crippen molar-refractivity contribution in [1.82, 2.24) is 0 Å². The number of allylic oxidation sites excluding steroid dienone is 7. The first kappa shape index (κ1) is 23.9. The minimum atomic E-state index is -1.14. The van der Waals surface area contributed by atoms with Crippen molar-refractivity contribution < 1.29 is 24.9 Å². The monoisotopic (exact) mass is 364 g/mol. The van der Waals surface area contributed by atoms with Crippen molar-refractivity contribution in [3.05, 3.63) is 48.6 Å². The van der Waals surface area contributed by atoms with Gasteiger partial charge < -0.3 is 15.3 Å². The Morgan fingerprint density at radius 3 is 2.31 bits per heavy atom. The maximum absolute atomic E-state index is 11.2. The first-order valence-electron chi connectivity index (χ1n) is 9.26. The smallest absolute Gasteiger partial charge is 0.309 e. The maximum atomic E-state index is 11.2. The molecule has 0 radical (unpaired) electrons. The molecule has 0 saturated heterocycles. The number of carboxylic acid groups (broad SMARTS) is 2. The molecule has 3 N–H and O–H groups in total. The SMILES string of the molecule is CCCCC/C=C\C/C=C/C=C/C=C/[C@H](O)[C@@H](CCCC(=O)O)C(=O)O. The van der Waals surface area contributed by atoms with E-state index in [1.165, 1.54) is 25.3 Å². The Labute approximate surface area is 156 Å². The molecule has 0 rings (SSSR count). The minimum Gasteiger partial charge on any atom is -0.481 e. The molecule has 0 heterocycles. The van der Waals surface area contributed by atoms with Crippen LogP contribution in [0.5, 0.6) is 0 Å². The summed E-state index contributed by atoms with van der Waals surface area (Å²) in [6, 6.07) is 0. The second kappa shape index (κ2) is 16.3. The zero-order chi connectivity index (χ0) is 19.6. The van der Waals surface area contributed by atoms with Gasteiger partial charge >= 0.3 is 11.9 Å². The molecular weight excluding hydrogens is 332 g/mol. The molecule has 2 atom stereocenters. The Hall–Kier alpha value is -2.14. The molecule has 0 spiro atoms. The van der Waals surface area contributed by atoms with Gasteiger partial charge in [0.25, 0.3) is 0 Å². The fourth-order valence-electron chi connectivity index (χ4n) is 2.32. The Kier molecular flexibility index (Phi) is 15.0. The summed E-state index contributed by atoms with van der Waals surface area (Å²) in [7, 11) is 0. The molecule has 0 aliphatic rings. The Morgan fingerprint density at radius 1 is 0.923 bits per heavy atom. The van der Waals surface area contributed by atoms with Crippen molar-refractivity contribution in [2.24, 2.45) is 5.92 Å². The average molecular weight is 364 g/mol. The van der Waals surface area contributed by atoms with Crippen LogP contribution in [0.1, 0.15) is 58.3 Å². The number of aliphatic hydroxyl groups is 1. The number of unbranched alkanes of at least 4 members (excludes halogenated alkanes) is 3. The lowest BCUT2D eigenvalue weighted by atomic mass is 9.95. The van der Waals surface area contributed by atoms with Crippen LogP contribution in [0.2, 0.25) is 0 Å². The highest BCUT2D eigenvalue weighted by Gasteiger charge is 2.24. The van der Waals surface area contributed by atoms with Gasteiger partial charge in [-0.25, -0.2) is 0 Å². The van der Waals surface area contributed by atoms with Crippen molar-refractivity contribution in [2.75, 3.05) is 0 Å². The van der Waals surface area contributed by atoms with Crippen LogP contribution in [0.4, 0.5) is 0 Å². The van der Waals surface area contributed by atoms with Gasteiger partial charge in [-0.15, -0.1) is 0 Å². The summed E-state index contributed by atoms with van der Waals surface area (Å²) < 4.78 is 0. The molecule has 0 aromatic rings. The first-order valence-corrected chi connectivity index (χ1v) is 9.26. The highest BCUT2D eigenvalue weighted by Crippen LogP contribution is 2.15. The van der Waals surface area contributed by atoms with E-state index < -0.39 is 24.0 Å². The van der Waals surface area contributed by atoms with Crippen LogP contribution in [0.3, 0.4) is 0 Å². The van der Waals surface area contributed by atoms with Crippen molar-refractivity contribution in [2.45, 2.75) is 64.4 Å². The van der Waals surface area contributed by atoms with E-state index in [4.69, 9.17) is 10.2 Å². The normalized spacial score (nSPS) is 14.7. The van der Waals surface area contributed by atoms with Crippen molar-refractivity contribution in [3.8, 4) is 0 Å². The fourth-order valence-corrected chi connectivity index (χ4v) is 2.32. The molecule has 0 amide bonds. The predicted molar refractivity (Wildman–Crippen MR) is 104 cm³/mol. The van der Waals surface area contributed by atoms with Crippen molar-refractivity contribution in [3.63, 3.8) is 0 Å². The van der Waals surface area contributed by atoms with Crippen molar-refractivity contribution in [1.29, 1.82) is 0 Å². The second-order valence-electron chi connectivity index (χ2n) is 6.12. The fraction of sp³-hybridized carbons (Fsp3) is 0.524. The standard InChI is InChI=1S/C21H32O5/c1-2-3-4-5-6-7-8-9-10-11-12-13-16-19(22)18(21(25)26)15-14-17-20(23)24/h6-7,9-13,16,18-19,22H,2-5,8,14-15,17H2,1H3,(H,23,24)(H,25,26)/b7-6-,10-9+,12-11+,16-13+/t18-,19+/m1/s1. The van der Waals surface area contributed by atoms with Crippen LogP contribution in [-0.4, -0.2) is 33.4 Å². The average Bonchev–Trinajstić information content (AvgIpc) is 2.59. The van der Waals surface area contributed by atoms with Crippen LogP contribution >= 0.6 is 0 Å². The molecule has 146 valence electrons. The number of rotatable bonds is 15. The van der Waals surface area contributed by atoms with Gasteiger partial charge in [-0.3, -0.25) is 9.59 Å². The van der Waals surface area contributed by atoms with E-state index in [9.17, 15) is 14.7 Å². The van der Waals surface area contributed by atoms with Crippen molar-refractivity contribution >= 4 is 11.9 Å². The Balaban J connectivity index is 4.14. The number of hydrogen-bond donors (Lipinski definition) is 3. The third-order valence-corrected chi connectivity index (χ3v) is 3.83. The largest absolute Gasteiger partial charge is 0.481 e. The maximum Gasteiger partial charge on any atom is 0.309 e. The summed E-state index contributed by atoms with van der Waals surface area (Å²) in [6.07, 6.45) is 19.6. The zero-order valence-electron chi connectivity index (χ0n) is 15.6. The molecule has 0 aromatic heterocycles. The summed E-state index contributed by atoms with van der Waals surface area (Å²) in [5, 5.41) is 27.6. The molecule has 5 nitrogen and oxygen atoms in total. The van der Waals surface area contributed by atoms with Gasteiger partial charge in [-0.1, -0.05) is 68.4 Å². The van der Waals surface area contributed by atoms with Gasteiger partial charge in [-0.2, -0.15) is 0 Å². The number of carbonyl (C=O) groups is 2. The van der Waals surface area contributed by atoms with Crippen LogP contribution < -0.4 is 0 Å². The van der Waals surface area contributed by atoms with Crippen LogP contribution in [-0.2, 0) is 9.59 Å². The zero-order valence-corrected chi connectivity index (χ0v) is 15.6. The molecule has 0 aromatic carbocycles. The lowest BCUT2D eigenvalue weighted by molar-refractivity contribution is -0.145. The second-order valence-corrected chi connectivity index (χ2v) is 6.12.